The van der Waals surface area contributed by atoms with Gasteiger partial charge < -0.3 is 10.2 Å². The van der Waals surface area contributed by atoms with Crippen molar-refractivity contribution in [2.45, 2.75) is 18.9 Å². The third-order valence-electron chi connectivity index (χ3n) is 4.95. The zero-order chi connectivity index (χ0) is 21.5. The molecule has 2 aromatic carbocycles. The number of nitriles is 1. The summed E-state index contributed by atoms with van der Waals surface area (Å²) in [5, 5.41) is 14.1. The van der Waals surface area contributed by atoms with E-state index >= 15 is 0 Å². The van der Waals surface area contributed by atoms with E-state index in [-0.39, 0.29) is 11.9 Å². The van der Waals surface area contributed by atoms with Crippen molar-refractivity contribution < 1.29 is 9.18 Å². The molecule has 0 aliphatic carbocycles. The average molecular weight is 429 g/mol. The molecule has 1 aliphatic heterocycles. The number of anilines is 1. The Morgan fingerprint density at radius 3 is 2.53 bits per heavy atom. The number of halogens is 2. The Morgan fingerprint density at radius 2 is 1.93 bits per heavy atom. The number of piperidine rings is 1. The number of nitrogens with zero attached hydrogens (tertiary/aromatic N) is 4. The van der Waals surface area contributed by atoms with E-state index in [0.29, 0.717) is 37.6 Å². The highest BCUT2D eigenvalue weighted by Crippen LogP contribution is 2.24. The van der Waals surface area contributed by atoms with Crippen molar-refractivity contribution in [2.24, 2.45) is 4.99 Å². The molecular weight excluding hydrogens is 407 g/mol. The number of aliphatic imine (C=N–C) groups is 1. The minimum atomic E-state index is -0.409. The largest absolute Gasteiger partial charge is 0.342 e. The molecule has 0 spiro atoms. The van der Waals surface area contributed by atoms with Crippen molar-refractivity contribution in [1.82, 2.24) is 14.6 Å². The van der Waals surface area contributed by atoms with E-state index in [0.717, 1.165) is 11.1 Å². The summed E-state index contributed by atoms with van der Waals surface area (Å²) in [6, 6.07) is 12.9. The molecular formula is C21H22ClFN6O. The summed E-state index contributed by atoms with van der Waals surface area (Å²) < 4.78 is 14.6. The first-order chi connectivity index (χ1) is 14.5. The highest BCUT2D eigenvalue weighted by atomic mass is 35.5. The molecule has 0 radical (unpaired) electrons. The molecule has 7 nitrogen and oxygen atoms in total. The van der Waals surface area contributed by atoms with E-state index in [1.54, 1.807) is 25.2 Å². The third kappa shape index (κ3) is 5.19. The van der Waals surface area contributed by atoms with Crippen LogP contribution < -0.4 is 10.6 Å². The predicted molar refractivity (Wildman–Crippen MR) is 115 cm³/mol. The second-order valence-electron chi connectivity index (χ2n) is 6.83. The van der Waals surface area contributed by atoms with Crippen LogP contribution in [0.1, 0.15) is 12.8 Å². The Kier molecular flexibility index (Phi) is 7.09. The maximum absolute atomic E-state index is 13.4. The van der Waals surface area contributed by atoms with Gasteiger partial charge in [0.25, 0.3) is 0 Å². The van der Waals surface area contributed by atoms with Gasteiger partial charge in [-0.15, -0.1) is 0 Å². The number of benzene rings is 2. The van der Waals surface area contributed by atoms with Crippen molar-refractivity contribution in [2.75, 3.05) is 25.5 Å². The summed E-state index contributed by atoms with van der Waals surface area (Å²) in [7, 11) is 1.62. The van der Waals surface area contributed by atoms with Crippen molar-refractivity contribution in [3.63, 3.8) is 0 Å². The maximum Gasteiger partial charge on any atom is 0.336 e. The van der Waals surface area contributed by atoms with Crippen LogP contribution in [-0.4, -0.2) is 47.5 Å². The van der Waals surface area contributed by atoms with E-state index < -0.39 is 6.03 Å². The van der Waals surface area contributed by atoms with E-state index in [4.69, 9.17) is 17.0 Å². The summed E-state index contributed by atoms with van der Waals surface area (Å²) in [5.41, 5.74) is 2.21. The van der Waals surface area contributed by atoms with Crippen molar-refractivity contribution >= 4 is 29.5 Å². The number of urea groups is 1. The van der Waals surface area contributed by atoms with Crippen LogP contribution in [0.25, 0.3) is 11.1 Å². The number of hydrogen-bond acceptors (Lipinski definition) is 3. The highest BCUT2D eigenvalue weighted by molar-refractivity contribution is 6.23. The van der Waals surface area contributed by atoms with Crippen molar-refractivity contribution in [1.29, 1.82) is 5.26 Å². The van der Waals surface area contributed by atoms with Crippen LogP contribution in [0.4, 0.5) is 14.9 Å². The van der Waals surface area contributed by atoms with Gasteiger partial charge in [-0.1, -0.05) is 24.3 Å². The highest BCUT2D eigenvalue weighted by Gasteiger charge is 2.28. The third-order valence-corrected chi connectivity index (χ3v) is 5.38. The summed E-state index contributed by atoms with van der Waals surface area (Å²) in [6.07, 6.45) is 3.18. The second kappa shape index (κ2) is 9.94. The number of hydrogen-bond donors (Lipinski definition) is 2. The van der Waals surface area contributed by atoms with Gasteiger partial charge in [-0.2, -0.15) is 5.26 Å². The summed E-state index contributed by atoms with van der Waals surface area (Å²) >= 11 is 6.29. The first-order valence-electron chi connectivity index (χ1n) is 9.50. The predicted octanol–water partition coefficient (Wildman–Crippen LogP) is 4.00. The van der Waals surface area contributed by atoms with Gasteiger partial charge in [-0.3, -0.25) is 10.3 Å². The standard InChI is InChI=1S/C21H22ClFN6O/c1-25-20(26-14-24)28-11-9-19(10-12-28)29(22)21(30)27-18-7-5-15(6-8-18)16-3-2-4-17(23)13-16/h2-8,13,19H,9-12H2,1H3,(H,25,26)(H,27,30). The minimum Gasteiger partial charge on any atom is -0.342 e. The number of rotatable bonds is 3. The topological polar surface area (TPSA) is 83.8 Å². The lowest BCUT2D eigenvalue weighted by Crippen LogP contribution is -2.49. The van der Waals surface area contributed by atoms with Crippen LogP contribution in [-0.2, 0) is 0 Å². The molecule has 1 saturated heterocycles. The Balaban J connectivity index is 1.55. The molecule has 1 heterocycles. The quantitative estimate of drug-likeness (QED) is 0.254. The van der Waals surface area contributed by atoms with Crippen LogP contribution in [0, 0.1) is 17.3 Å². The smallest absolute Gasteiger partial charge is 0.336 e. The molecule has 0 aromatic heterocycles. The van der Waals surface area contributed by atoms with Gasteiger partial charge in [-0.05, 0) is 48.2 Å². The van der Waals surface area contributed by atoms with E-state index in [1.165, 1.54) is 16.6 Å². The monoisotopic (exact) mass is 428 g/mol. The molecule has 2 amide bonds. The summed E-state index contributed by atoms with van der Waals surface area (Å²) in [6.45, 7) is 1.26. The van der Waals surface area contributed by atoms with Gasteiger partial charge in [0.05, 0.1) is 6.04 Å². The summed E-state index contributed by atoms with van der Waals surface area (Å²) in [4.78, 5) is 18.5. The number of guanidine groups is 1. The molecule has 30 heavy (non-hydrogen) atoms. The van der Waals surface area contributed by atoms with E-state index in [2.05, 4.69) is 15.6 Å². The molecule has 0 saturated carbocycles. The van der Waals surface area contributed by atoms with Crippen LogP contribution in [0.5, 0.6) is 0 Å². The molecule has 0 unspecified atom stereocenters. The fourth-order valence-electron chi connectivity index (χ4n) is 3.39. The lowest BCUT2D eigenvalue weighted by molar-refractivity contribution is 0.200. The van der Waals surface area contributed by atoms with Gasteiger partial charge in [0.15, 0.2) is 6.19 Å². The number of carbonyl (C=O) groups excluding carboxylic acids is 1. The van der Waals surface area contributed by atoms with E-state index in [1.807, 2.05) is 29.3 Å². The molecule has 2 N–H and O–H groups in total. The summed E-state index contributed by atoms with van der Waals surface area (Å²) in [5.74, 6) is 0.217. The molecule has 2 aromatic rings. The van der Waals surface area contributed by atoms with Gasteiger partial charge >= 0.3 is 6.03 Å². The Bertz CT molecular complexity index is 951. The fraction of sp³-hybridized carbons (Fsp3) is 0.286. The molecule has 156 valence electrons. The number of nitrogens with one attached hydrogen (secondary N) is 2. The van der Waals surface area contributed by atoms with Crippen molar-refractivity contribution in [3.05, 3.63) is 54.3 Å². The van der Waals surface area contributed by atoms with Crippen LogP contribution >= 0.6 is 11.8 Å². The average Bonchev–Trinajstić information content (AvgIpc) is 2.77. The van der Waals surface area contributed by atoms with Crippen LogP contribution in [0.3, 0.4) is 0 Å². The molecule has 3 rings (SSSR count). The maximum atomic E-state index is 13.4. The van der Waals surface area contributed by atoms with Crippen molar-refractivity contribution in [3.8, 4) is 17.3 Å². The molecule has 0 atom stereocenters. The van der Waals surface area contributed by atoms with Crippen LogP contribution in [0.2, 0.25) is 0 Å². The molecule has 9 heteroatoms. The minimum absolute atomic E-state index is 0.130. The SMILES string of the molecule is CN=C(NC#N)N1CCC(N(Cl)C(=O)Nc2ccc(-c3cccc(F)c3)cc2)CC1. The fourth-order valence-corrected chi connectivity index (χ4v) is 3.62. The number of likely N-dealkylation sites (tertiary alicyclic amines) is 1. The van der Waals surface area contributed by atoms with Gasteiger partial charge in [0.1, 0.15) is 5.82 Å². The Labute approximate surface area is 179 Å². The first-order valence-corrected chi connectivity index (χ1v) is 9.84. The molecule has 1 fully saturated rings. The first kappa shape index (κ1) is 21.4. The lowest BCUT2D eigenvalue weighted by Gasteiger charge is -2.35. The number of amides is 2. The normalized spacial score (nSPS) is 14.7. The van der Waals surface area contributed by atoms with Gasteiger partial charge in [0, 0.05) is 37.6 Å². The van der Waals surface area contributed by atoms with E-state index in [9.17, 15) is 9.18 Å². The van der Waals surface area contributed by atoms with Gasteiger partial charge in [0.2, 0.25) is 5.96 Å². The molecule has 1 aliphatic rings. The second-order valence-corrected chi connectivity index (χ2v) is 7.20. The van der Waals surface area contributed by atoms with Crippen LogP contribution in [0.15, 0.2) is 53.5 Å². The zero-order valence-electron chi connectivity index (χ0n) is 16.5. The Hall–Kier alpha value is -3.31. The molecule has 0 bridgehead atoms. The lowest BCUT2D eigenvalue weighted by atomic mass is 10.1. The zero-order valence-corrected chi connectivity index (χ0v) is 17.2. The van der Waals surface area contributed by atoms with Gasteiger partial charge in [-0.25, -0.2) is 13.6 Å². The Morgan fingerprint density at radius 1 is 1.23 bits per heavy atom. The number of carbonyl (C=O) groups is 1.